The number of aromatic amines is 1. The first-order valence-corrected chi connectivity index (χ1v) is 8.02. The molecule has 1 amide bonds. The Hall–Kier alpha value is -2.08. The predicted molar refractivity (Wildman–Crippen MR) is 87.8 cm³/mol. The van der Waals surface area contributed by atoms with E-state index >= 15 is 0 Å². The van der Waals surface area contributed by atoms with Gasteiger partial charge >= 0.3 is 0 Å². The van der Waals surface area contributed by atoms with Gasteiger partial charge in [-0.05, 0) is 12.5 Å². The monoisotopic (exact) mass is 315 g/mol. The van der Waals surface area contributed by atoms with Crippen LogP contribution in [-0.2, 0) is 9.59 Å². The van der Waals surface area contributed by atoms with Crippen molar-refractivity contribution in [3.8, 4) is 11.1 Å². The van der Waals surface area contributed by atoms with Crippen molar-refractivity contribution in [2.45, 2.75) is 25.5 Å². The smallest absolute Gasteiger partial charge is 0.229 e. The molecule has 0 saturated carbocycles. The second-order valence-electron chi connectivity index (χ2n) is 5.35. The molecule has 1 fully saturated rings. The summed E-state index contributed by atoms with van der Waals surface area (Å²) < 4.78 is 0. The molecule has 1 aromatic carbocycles. The van der Waals surface area contributed by atoms with E-state index in [0.29, 0.717) is 18.8 Å². The topological polar surface area (TPSA) is 66.1 Å². The molecule has 0 bridgehead atoms. The van der Waals surface area contributed by atoms with Gasteiger partial charge < -0.3 is 0 Å². The highest BCUT2D eigenvalue weighted by molar-refractivity contribution is 8.14. The average Bonchev–Trinajstić information content (AvgIpc) is 3.02. The van der Waals surface area contributed by atoms with Gasteiger partial charge in [-0.3, -0.25) is 19.6 Å². The summed E-state index contributed by atoms with van der Waals surface area (Å²) >= 11 is 1.23. The minimum Gasteiger partial charge on any atom is -0.294 e. The van der Waals surface area contributed by atoms with Crippen LogP contribution >= 0.6 is 11.8 Å². The average molecular weight is 315 g/mol. The summed E-state index contributed by atoms with van der Waals surface area (Å²) in [5, 5.41) is 7.34. The molecular formula is C16H17N3O2S. The number of anilines is 1. The minimum atomic E-state index is 0.00521. The number of hydrogen-bond donors (Lipinski definition) is 1. The van der Waals surface area contributed by atoms with Crippen LogP contribution in [0.25, 0.3) is 11.1 Å². The highest BCUT2D eigenvalue weighted by Gasteiger charge is 2.34. The van der Waals surface area contributed by atoms with E-state index in [4.69, 9.17) is 0 Å². The van der Waals surface area contributed by atoms with Gasteiger partial charge in [0.25, 0.3) is 0 Å². The summed E-state index contributed by atoms with van der Waals surface area (Å²) in [7, 11) is 0. The lowest BCUT2D eigenvalue weighted by atomic mass is 10.1. The molecule has 1 atom stereocenters. The van der Waals surface area contributed by atoms with Gasteiger partial charge in [-0.1, -0.05) is 42.1 Å². The Kier molecular flexibility index (Phi) is 4.02. The Morgan fingerprint density at radius 1 is 1.36 bits per heavy atom. The molecule has 1 aliphatic heterocycles. The molecule has 6 heteroatoms. The van der Waals surface area contributed by atoms with Crippen LogP contribution in [0.15, 0.2) is 30.3 Å². The van der Waals surface area contributed by atoms with Crippen LogP contribution in [0.3, 0.4) is 0 Å². The summed E-state index contributed by atoms with van der Waals surface area (Å²) in [5.74, 6) is 0.669. The van der Waals surface area contributed by atoms with Gasteiger partial charge in [0.2, 0.25) is 5.91 Å². The lowest BCUT2D eigenvalue weighted by Gasteiger charge is -2.15. The maximum Gasteiger partial charge on any atom is 0.229 e. The highest BCUT2D eigenvalue weighted by atomic mass is 32.2. The third-order valence-corrected chi connectivity index (χ3v) is 4.65. The van der Waals surface area contributed by atoms with Gasteiger partial charge in [0, 0.05) is 36.4 Å². The fourth-order valence-corrected chi connectivity index (χ4v) is 3.67. The fraction of sp³-hybridized carbons (Fsp3) is 0.312. The fourth-order valence-electron chi connectivity index (χ4n) is 2.76. The highest BCUT2D eigenvalue weighted by Crippen LogP contribution is 2.35. The third-order valence-electron chi connectivity index (χ3n) is 3.67. The number of rotatable bonds is 3. The number of H-pyrrole nitrogens is 1. The van der Waals surface area contributed by atoms with Gasteiger partial charge in [0.05, 0.1) is 0 Å². The van der Waals surface area contributed by atoms with E-state index in [9.17, 15) is 9.59 Å². The van der Waals surface area contributed by atoms with Crippen molar-refractivity contribution in [1.82, 2.24) is 10.2 Å². The van der Waals surface area contributed by atoms with E-state index in [2.05, 4.69) is 10.2 Å². The molecule has 1 saturated heterocycles. The number of aryl methyl sites for hydroxylation is 1. The Morgan fingerprint density at radius 3 is 2.77 bits per heavy atom. The molecule has 2 aromatic rings. The summed E-state index contributed by atoms with van der Waals surface area (Å²) in [6.45, 7) is 4.00. The van der Waals surface area contributed by atoms with Crippen molar-refractivity contribution in [2.24, 2.45) is 0 Å². The van der Waals surface area contributed by atoms with E-state index < -0.39 is 0 Å². The zero-order chi connectivity index (χ0) is 15.7. The third kappa shape index (κ3) is 2.78. The van der Waals surface area contributed by atoms with Crippen molar-refractivity contribution < 1.29 is 9.59 Å². The van der Waals surface area contributed by atoms with E-state index in [-0.39, 0.29) is 16.3 Å². The summed E-state index contributed by atoms with van der Waals surface area (Å²) in [4.78, 5) is 25.2. The lowest BCUT2D eigenvalue weighted by molar-refractivity contribution is -0.117. The van der Waals surface area contributed by atoms with Gasteiger partial charge in [-0.2, -0.15) is 5.10 Å². The van der Waals surface area contributed by atoms with Crippen LogP contribution in [0.4, 0.5) is 5.82 Å². The first kappa shape index (κ1) is 14.8. The predicted octanol–water partition coefficient (Wildman–Crippen LogP) is 2.77. The normalized spacial score (nSPS) is 18.0. The van der Waals surface area contributed by atoms with Gasteiger partial charge in [0.1, 0.15) is 0 Å². The first-order chi connectivity index (χ1) is 10.6. The number of amides is 1. The molecule has 1 unspecified atom stereocenters. The van der Waals surface area contributed by atoms with Crippen molar-refractivity contribution in [1.29, 1.82) is 0 Å². The zero-order valence-electron chi connectivity index (χ0n) is 12.5. The molecule has 5 nitrogen and oxygen atoms in total. The van der Waals surface area contributed by atoms with E-state index in [0.717, 1.165) is 16.8 Å². The summed E-state index contributed by atoms with van der Waals surface area (Å²) in [6, 6.07) is 9.89. The number of carbonyl (C=O) groups excluding carboxylic acids is 2. The second-order valence-corrected chi connectivity index (χ2v) is 6.83. The summed E-state index contributed by atoms with van der Waals surface area (Å²) in [5.41, 5.74) is 2.90. The van der Waals surface area contributed by atoms with Crippen LogP contribution in [0.5, 0.6) is 0 Å². The van der Waals surface area contributed by atoms with Crippen LogP contribution < -0.4 is 4.90 Å². The zero-order valence-corrected chi connectivity index (χ0v) is 13.3. The van der Waals surface area contributed by atoms with Gasteiger partial charge in [0.15, 0.2) is 10.9 Å². The molecule has 2 heterocycles. The second kappa shape index (κ2) is 5.96. The number of benzene rings is 1. The van der Waals surface area contributed by atoms with Gasteiger partial charge in [-0.25, -0.2) is 0 Å². The Labute approximate surface area is 133 Å². The van der Waals surface area contributed by atoms with Crippen LogP contribution in [0, 0.1) is 6.92 Å². The quantitative estimate of drug-likeness (QED) is 0.946. The van der Waals surface area contributed by atoms with Crippen molar-refractivity contribution in [2.75, 3.05) is 11.4 Å². The van der Waals surface area contributed by atoms with Gasteiger partial charge in [-0.15, -0.1) is 0 Å². The van der Waals surface area contributed by atoms with Crippen LogP contribution in [0.2, 0.25) is 0 Å². The number of thioether (sulfide) groups is 1. The molecule has 3 rings (SSSR count). The van der Waals surface area contributed by atoms with Crippen molar-refractivity contribution >= 4 is 28.6 Å². The first-order valence-electron chi connectivity index (χ1n) is 7.14. The van der Waals surface area contributed by atoms with Crippen molar-refractivity contribution in [3.63, 3.8) is 0 Å². The largest absolute Gasteiger partial charge is 0.294 e. The maximum absolute atomic E-state index is 12.3. The number of nitrogens with zero attached hydrogens (tertiary/aromatic N) is 2. The number of aromatic nitrogens is 2. The molecule has 114 valence electrons. The number of hydrogen-bond acceptors (Lipinski definition) is 4. The standard InChI is InChI=1S/C16H17N3O2S/c1-10-15(12-6-4-3-5-7-12)16(18-17-10)19-9-13(8-14(19)21)22-11(2)20/h3-7,13H,8-9H2,1-2H3,(H,17,18). The Morgan fingerprint density at radius 2 is 2.09 bits per heavy atom. The van der Waals surface area contributed by atoms with Crippen LogP contribution in [0.1, 0.15) is 19.0 Å². The molecule has 1 N–H and O–H groups in total. The summed E-state index contributed by atoms with van der Waals surface area (Å²) in [6.07, 6.45) is 0.379. The van der Waals surface area contributed by atoms with E-state index in [1.54, 1.807) is 4.90 Å². The number of nitrogens with one attached hydrogen (secondary N) is 1. The molecule has 22 heavy (non-hydrogen) atoms. The molecule has 0 spiro atoms. The van der Waals surface area contributed by atoms with E-state index in [1.165, 1.54) is 18.7 Å². The van der Waals surface area contributed by atoms with E-state index in [1.807, 2.05) is 37.3 Å². The minimum absolute atomic E-state index is 0.00521. The molecular weight excluding hydrogens is 298 g/mol. The number of carbonyl (C=O) groups is 2. The lowest BCUT2D eigenvalue weighted by Crippen LogP contribution is -2.26. The SMILES string of the molecule is CC(=O)SC1CC(=O)N(c2n[nH]c(C)c2-c2ccccc2)C1. The maximum atomic E-state index is 12.3. The molecule has 1 aromatic heterocycles. The molecule has 0 aliphatic carbocycles. The van der Waals surface area contributed by atoms with Crippen LogP contribution in [-0.4, -0.2) is 33.0 Å². The van der Waals surface area contributed by atoms with Crippen molar-refractivity contribution in [3.05, 3.63) is 36.0 Å². The molecule has 0 radical (unpaired) electrons. The Balaban J connectivity index is 1.93. The molecule has 1 aliphatic rings. The Bertz CT molecular complexity index is 711.